The van der Waals surface area contributed by atoms with Crippen LogP contribution in [0.25, 0.3) is 109 Å². The van der Waals surface area contributed by atoms with Crippen LogP contribution in [0.2, 0.25) is 0 Å². The molecule has 0 aliphatic rings. The average molecular weight is 743 g/mol. The van der Waals surface area contributed by atoms with Gasteiger partial charge in [-0.05, 0) is 100 Å². The molecular formula is C54H34N2S. The molecule has 0 amide bonds. The summed E-state index contributed by atoms with van der Waals surface area (Å²) < 4.78 is 7.46. The molecule has 2 nitrogen and oxygen atoms in total. The first-order valence-corrected chi connectivity index (χ1v) is 20.3. The van der Waals surface area contributed by atoms with Crippen molar-refractivity contribution in [2.45, 2.75) is 0 Å². The third kappa shape index (κ3) is 5.03. The van der Waals surface area contributed by atoms with Crippen molar-refractivity contribution >= 4 is 75.1 Å². The Hall–Kier alpha value is -7.20. The number of aromatic nitrogens is 2. The Morgan fingerprint density at radius 1 is 0.281 bits per heavy atom. The monoisotopic (exact) mass is 742 g/mol. The summed E-state index contributed by atoms with van der Waals surface area (Å²) in [5.74, 6) is 0. The molecular weight excluding hydrogens is 709 g/mol. The molecule has 0 spiro atoms. The Morgan fingerprint density at radius 2 is 0.772 bits per heavy atom. The van der Waals surface area contributed by atoms with Gasteiger partial charge in [-0.25, -0.2) is 0 Å². The van der Waals surface area contributed by atoms with E-state index >= 15 is 0 Å². The van der Waals surface area contributed by atoms with E-state index in [2.05, 4.69) is 215 Å². The fourth-order valence-corrected chi connectivity index (χ4v) is 10.3. The predicted octanol–water partition coefficient (Wildman–Crippen LogP) is 15.2. The Labute approximate surface area is 333 Å². The Kier molecular flexibility index (Phi) is 7.13. The highest BCUT2D eigenvalue weighted by Crippen LogP contribution is 2.43. The Balaban J connectivity index is 0.959. The van der Waals surface area contributed by atoms with E-state index in [9.17, 15) is 0 Å². The molecule has 0 atom stereocenters. The van der Waals surface area contributed by atoms with Gasteiger partial charge < -0.3 is 9.13 Å². The molecule has 266 valence electrons. The molecule has 3 heterocycles. The molecule has 3 heteroatoms. The molecule has 0 bridgehead atoms. The summed E-state index contributed by atoms with van der Waals surface area (Å²) >= 11 is 1.89. The SMILES string of the molecule is c1ccc(-n2c3ccccc3c3cc(-c4ccc(-c5ccc6c(c5)c5ccc(-c7cccc8c7sc7ccccc78)cc5n6-c5ccccc5)cc4)ccc32)cc1. The summed E-state index contributed by atoms with van der Waals surface area (Å²) in [7, 11) is 0. The van der Waals surface area contributed by atoms with Crippen LogP contribution in [-0.4, -0.2) is 9.13 Å². The minimum atomic E-state index is 1.16. The van der Waals surface area contributed by atoms with Crippen molar-refractivity contribution < 1.29 is 0 Å². The normalized spacial score (nSPS) is 11.9. The largest absolute Gasteiger partial charge is 0.309 e. The number of thiophene rings is 1. The summed E-state index contributed by atoms with van der Waals surface area (Å²) in [6, 6.07) is 75.6. The zero-order valence-corrected chi connectivity index (χ0v) is 31.7. The molecule has 0 unspecified atom stereocenters. The lowest BCUT2D eigenvalue weighted by molar-refractivity contribution is 1.18. The quantitative estimate of drug-likeness (QED) is 0.166. The van der Waals surface area contributed by atoms with Crippen LogP contribution >= 0.6 is 11.3 Å². The van der Waals surface area contributed by atoms with Gasteiger partial charge in [0.1, 0.15) is 0 Å². The molecule has 12 aromatic rings. The zero-order valence-electron chi connectivity index (χ0n) is 30.9. The highest BCUT2D eigenvalue weighted by molar-refractivity contribution is 7.26. The zero-order chi connectivity index (χ0) is 37.5. The molecule has 0 saturated heterocycles. The highest BCUT2D eigenvalue weighted by atomic mass is 32.1. The van der Waals surface area contributed by atoms with Crippen LogP contribution in [0.3, 0.4) is 0 Å². The first kappa shape index (κ1) is 32.1. The van der Waals surface area contributed by atoms with Gasteiger partial charge in [0.2, 0.25) is 0 Å². The number of nitrogens with zero attached hydrogens (tertiary/aromatic N) is 2. The second-order valence-electron chi connectivity index (χ2n) is 14.9. The number of benzene rings is 9. The summed E-state index contributed by atoms with van der Waals surface area (Å²) in [5, 5.41) is 7.68. The van der Waals surface area contributed by atoms with E-state index in [4.69, 9.17) is 0 Å². The molecule has 57 heavy (non-hydrogen) atoms. The Bertz CT molecular complexity index is 3490. The van der Waals surface area contributed by atoms with Gasteiger partial charge >= 0.3 is 0 Å². The molecule has 0 N–H and O–H groups in total. The van der Waals surface area contributed by atoms with Gasteiger partial charge in [0, 0.05) is 53.1 Å². The topological polar surface area (TPSA) is 9.86 Å². The van der Waals surface area contributed by atoms with Gasteiger partial charge in [0.05, 0.1) is 22.1 Å². The van der Waals surface area contributed by atoms with E-state index in [0.717, 1.165) is 5.69 Å². The van der Waals surface area contributed by atoms with Crippen LogP contribution in [0.15, 0.2) is 206 Å². The lowest BCUT2D eigenvalue weighted by atomic mass is 9.97. The fourth-order valence-electron chi connectivity index (χ4n) is 9.06. The smallest absolute Gasteiger partial charge is 0.0547 e. The molecule has 9 aromatic carbocycles. The minimum absolute atomic E-state index is 1.16. The second-order valence-corrected chi connectivity index (χ2v) is 16.0. The van der Waals surface area contributed by atoms with Gasteiger partial charge in [-0.3, -0.25) is 0 Å². The van der Waals surface area contributed by atoms with E-state index < -0.39 is 0 Å². The molecule has 12 rings (SSSR count). The predicted molar refractivity (Wildman–Crippen MR) is 244 cm³/mol. The van der Waals surface area contributed by atoms with Crippen LogP contribution in [0.1, 0.15) is 0 Å². The van der Waals surface area contributed by atoms with Gasteiger partial charge in [-0.1, -0.05) is 140 Å². The third-order valence-electron chi connectivity index (χ3n) is 11.7. The third-order valence-corrected chi connectivity index (χ3v) is 13.0. The van der Waals surface area contributed by atoms with E-state index in [0.29, 0.717) is 0 Å². The van der Waals surface area contributed by atoms with Crippen molar-refractivity contribution in [2.24, 2.45) is 0 Å². The van der Waals surface area contributed by atoms with Crippen LogP contribution in [-0.2, 0) is 0 Å². The highest BCUT2D eigenvalue weighted by Gasteiger charge is 2.17. The lowest BCUT2D eigenvalue weighted by Crippen LogP contribution is -1.93. The number of hydrogen-bond donors (Lipinski definition) is 0. The van der Waals surface area contributed by atoms with E-state index in [-0.39, 0.29) is 0 Å². The van der Waals surface area contributed by atoms with Crippen LogP contribution in [0.5, 0.6) is 0 Å². The van der Waals surface area contributed by atoms with Gasteiger partial charge in [0.25, 0.3) is 0 Å². The van der Waals surface area contributed by atoms with Crippen molar-refractivity contribution in [1.82, 2.24) is 9.13 Å². The van der Waals surface area contributed by atoms with Crippen molar-refractivity contribution in [3.63, 3.8) is 0 Å². The minimum Gasteiger partial charge on any atom is -0.309 e. The number of fused-ring (bicyclic) bond motifs is 9. The molecule has 3 aromatic heterocycles. The number of para-hydroxylation sites is 3. The summed E-state index contributed by atoms with van der Waals surface area (Å²) in [6.07, 6.45) is 0. The van der Waals surface area contributed by atoms with E-state index in [1.165, 1.54) is 103 Å². The van der Waals surface area contributed by atoms with E-state index in [1.54, 1.807) is 0 Å². The Morgan fingerprint density at radius 3 is 1.44 bits per heavy atom. The molecule has 0 fully saturated rings. The average Bonchev–Trinajstić information content (AvgIpc) is 3.94. The molecule has 0 saturated carbocycles. The van der Waals surface area contributed by atoms with Crippen LogP contribution < -0.4 is 0 Å². The molecule has 0 aliphatic carbocycles. The molecule has 0 aliphatic heterocycles. The maximum absolute atomic E-state index is 2.43. The van der Waals surface area contributed by atoms with Gasteiger partial charge in [-0.2, -0.15) is 0 Å². The first-order valence-electron chi connectivity index (χ1n) is 19.5. The lowest BCUT2D eigenvalue weighted by Gasteiger charge is -2.10. The van der Waals surface area contributed by atoms with E-state index in [1.807, 2.05) is 11.3 Å². The van der Waals surface area contributed by atoms with Gasteiger partial charge in [0.15, 0.2) is 0 Å². The van der Waals surface area contributed by atoms with Crippen LogP contribution in [0.4, 0.5) is 0 Å². The number of rotatable bonds is 5. The van der Waals surface area contributed by atoms with Crippen molar-refractivity contribution in [1.29, 1.82) is 0 Å². The second kappa shape index (κ2) is 12.7. The summed E-state index contributed by atoms with van der Waals surface area (Å²) in [6.45, 7) is 0. The standard InChI is InChI=1S/C54H34N2S/c1-3-12-40(13-4-1)55-49-20-9-7-16-43(49)47-32-37(27-30-50(47)55)35-22-24-36(25-23-35)38-28-31-51-48(33-38)44-29-26-39(34-52(44)56(51)41-14-5-2-6-15-41)42-18-11-19-46-45-17-8-10-21-53(45)57-54(42)46/h1-34H. The van der Waals surface area contributed by atoms with Crippen molar-refractivity contribution in [2.75, 3.05) is 0 Å². The van der Waals surface area contributed by atoms with Crippen LogP contribution in [0, 0.1) is 0 Å². The van der Waals surface area contributed by atoms with Crippen molar-refractivity contribution in [3.8, 4) is 44.8 Å². The first-order chi connectivity index (χ1) is 28.3. The molecule has 0 radical (unpaired) electrons. The van der Waals surface area contributed by atoms with Gasteiger partial charge in [-0.15, -0.1) is 11.3 Å². The van der Waals surface area contributed by atoms with Crippen molar-refractivity contribution in [3.05, 3.63) is 206 Å². The summed E-state index contributed by atoms with van der Waals surface area (Å²) in [5.41, 5.74) is 14.5. The summed E-state index contributed by atoms with van der Waals surface area (Å²) in [4.78, 5) is 0. The fraction of sp³-hybridized carbons (Fsp3) is 0. The number of hydrogen-bond acceptors (Lipinski definition) is 1. The maximum Gasteiger partial charge on any atom is 0.0547 e. The maximum atomic E-state index is 2.43.